The van der Waals surface area contributed by atoms with E-state index in [2.05, 4.69) is 25.4 Å². The first-order valence-electron chi connectivity index (χ1n) is 11.3. The first kappa shape index (κ1) is 29.0. The van der Waals surface area contributed by atoms with Gasteiger partial charge in [-0.25, -0.2) is 0 Å². The Hall–Kier alpha value is -3.06. The van der Waals surface area contributed by atoms with E-state index in [0.29, 0.717) is 11.3 Å². The second kappa shape index (κ2) is 13.6. The van der Waals surface area contributed by atoms with Gasteiger partial charge in [0.2, 0.25) is 0 Å². The molecule has 1 heterocycles. The summed E-state index contributed by atoms with van der Waals surface area (Å²) < 4.78 is 38.1. The number of allylic oxidation sites excluding steroid dienone is 11. The number of nitrogens with zero attached hydrogens (tertiary/aromatic N) is 2. The van der Waals surface area contributed by atoms with Gasteiger partial charge in [0.1, 0.15) is 5.70 Å². The van der Waals surface area contributed by atoms with E-state index in [9.17, 15) is 13.2 Å². The molecule has 1 atom stereocenters. The second-order valence-corrected chi connectivity index (χ2v) is 7.80. The van der Waals surface area contributed by atoms with Crippen molar-refractivity contribution in [3.05, 3.63) is 89.5 Å². The summed E-state index contributed by atoms with van der Waals surface area (Å²) in [5.41, 5.74) is 7.70. The molecule has 7 heteroatoms. The van der Waals surface area contributed by atoms with Gasteiger partial charge in [0.25, 0.3) is 0 Å². The van der Waals surface area contributed by atoms with E-state index in [1.54, 1.807) is 37.4 Å². The number of aromatic nitrogens is 1. The van der Waals surface area contributed by atoms with Crippen molar-refractivity contribution in [1.29, 1.82) is 0 Å². The van der Waals surface area contributed by atoms with Crippen LogP contribution in [0.2, 0.25) is 0 Å². The molecule has 4 nitrogen and oxygen atoms in total. The van der Waals surface area contributed by atoms with E-state index in [-0.39, 0.29) is 6.04 Å². The van der Waals surface area contributed by atoms with Crippen LogP contribution >= 0.6 is 0 Å². The Morgan fingerprint density at radius 2 is 1.97 bits per heavy atom. The molecular formula is C27H36F3N3O. The first-order valence-corrected chi connectivity index (χ1v) is 11.3. The summed E-state index contributed by atoms with van der Waals surface area (Å²) in [7, 11) is 0. The van der Waals surface area contributed by atoms with E-state index >= 15 is 0 Å². The van der Waals surface area contributed by atoms with Gasteiger partial charge in [0.05, 0.1) is 5.69 Å². The van der Waals surface area contributed by atoms with Crippen molar-refractivity contribution < 1.29 is 18.0 Å². The van der Waals surface area contributed by atoms with Crippen LogP contribution in [0, 0.1) is 6.92 Å². The quantitative estimate of drug-likeness (QED) is 0.271. The van der Waals surface area contributed by atoms with Crippen LogP contribution in [0.1, 0.15) is 52.3 Å². The SMILES string of the molecule is C=C\C=C(/C(C)=C\C=C\C(=C\C)\C=C(/N)C(F)(F)F)c1cnc(C)c(ON(CC)C(C)CC)c1. The van der Waals surface area contributed by atoms with Crippen molar-refractivity contribution in [1.82, 2.24) is 10.0 Å². The number of hydrogen-bond donors (Lipinski definition) is 1. The Kier molecular flexibility index (Phi) is 11.6. The molecule has 2 N–H and O–H groups in total. The molecule has 0 bridgehead atoms. The fraction of sp³-hybridized carbons (Fsp3) is 0.370. The van der Waals surface area contributed by atoms with Crippen molar-refractivity contribution in [2.24, 2.45) is 5.73 Å². The van der Waals surface area contributed by atoms with E-state index in [0.717, 1.165) is 41.4 Å². The lowest BCUT2D eigenvalue weighted by Gasteiger charge is -2.27. The minimum Gasteiger partial charge on any atom is -0.404 e. The molecule has 0 fully saturated rings. The maximum Gasteiger partial charge on any atom is 0.430 e. The van der Waals surface area contributed by atoms with Crippen LogP contribution in [0.4, 0.5) is 13.2 Å². The Morgan fingerprint density at radius 1 is 1.29 bits per heavy atom. The van der Waals surface area contributed by atoms with Crippen molar-refractivity contribution >= 4 is 5.57 Å². The highest BCUT2D eigenvalue weighted by Crippen LogP contribution is 2.28. The summed E-state index contributed by atoms with van der Waals surface area (Å²) in [5, 5.41) is 1.93. The van der Waals surface area contributed by atoms with E-state index in [1.165, 1.54) is 0 Å². The lowest BCUT2D eigenvalue weighted by Crippen LogP contribution is -2.35. The smallest absolute Gasteiger partial charge is 0.404 e. The standard InChI is InChI=1S/C27H36F3N3O/c1-8-13-24(19(5)14-12-15-22(10-3)16-26(31)27(28,29)30)23-17-25(21(7)32-18-23)34-33(11-4)20(6)9-2/h8,10,12-18,20H,1,9,11,31H2,2-7H3/b15-12+,19-14-,22-10-,24-13+,26-16-. The molecule has 186 valence electrons. The summed E-state index contributed by atoms with van der Waals surface area (Å²) in [6, 6.07) is 2.19. The molecule has 0 radical (unpaired) electrons. The average molecular weight is 476 g/mol. The highest BCUT2D eigenvalue weighted by Gasteiger charge is 2.31. The number of hydrogen-bond acceptors (Lipinski definition) is 4. The predicted octanol–water partition coefficient (Wildman–Crippen LogP) is 7.23. The third-order valence-corrected chi connectivity index (χ3v) is 5.29. The number of nitrogens with two attached hydrogens (primary N) is 1. The number of rotatable bonds is 11. The van der Waals surface area contributed by atoms with E-state index in [1.807, 2.05) is 44.1 Å². The number of alkyl halides is 3. The molecule has 1 rings (SSSR count). The molecule has 0 aliphatic rings. The zero-order valence-electron chi connectivity index (χ0n) is 20.9. The Balaban J connectivity index is 3.25. The lowest BCUT2D eigenvalue weighted by atomic mass is 9.99. The van der Waals surface area contributed by atoms with E-state index < -0.39 is 11.9 Å². The van der Waals surface area contributed by atoms with Crippen molar-refractivity contribution in [2.45, 2.75) is 60.2 Å². The molecule has 0 saturated carbocycles. The molecular weight excluding hydrogens is 439 g/mol. The maximum absolute atomic E-state index is 12.7. The monoisotopic (exact) mass is 475 g/mol. The summed E-state index contributed by atoms with van der Waals surface area (Å²) in [4.78, 5) is 10.7. The number of aryl methyl sites for hydroxylation is 1. The van der Waals surface area contributed by atoms with Gasteiger partial charge in [-0.2, -0.15) is 13.2 Å². The molecule has 0 aromatic carbocycles. The van der Waals surface area contributed by atoms with E-state index in [4.69, 9.17) is 10.6 Å². The van der Waals surface area contributed by atoms with Gasteiger partial charge >= 0.3 is 6.18 Å². The Labute approximate surface area is 201 Å². The summed E-state index contributed by atoms with van der Waals surface area (Å²) in [6.07, 6.45) is 9.23. The summed E-state index contributed by atoms with van der Waals surface area (Å²) in [6.45, 7) is 16.2. The zero-order valence-corrected chi connectivity index (χ0v) is 20.9. The van der Waals surface area contributed by atoms with Crippen LogP contribution in [0.25, 0.3) is 5.57 Å². The van der Waals surface area contributed by atoms with Crippen molar-refractivity contribution in [3.8, 4) is 5.75 Å². The van der Waals surface area contributed by atoms with Crippen LogP contribution < -0.4 is 10.6 Å². The van der Waals surface area contributed by atoms with Gasteiger partial charge < -0.3 is 10.6 Å². The maximum atomic E-state index is 12.7. The lowest BCUT2D eigenvalue weighted by molar-refractivity contribution is -0.0926. The predicted molar refractivity (Wildman–Crippen MR) is 135 cm³/mol. The van der Waals surface area contributed by atoms with Crippen LogP contribution in [0.5, 0.6) is 5.75 Å². The molecule has 1 aromatic heterocycles. The third kappa shape index (κ3) is 8.71. The average Bonchev–Trinajstić information content (AvgIpc) is 2.80. The Morgan fingerprint density at radius 3 is 2.50 bits per heavy atom. The van der Waals surface area contributed by atoms with Gasteiger partial charge in [-0.15, -0.1) is 5.06 Å². The van der Waals surface area contributed by atoms with Gasteiger partial charge in [-0.05, 0) is 69.9 Å². The minimum absolute atomic E-state index is 0.254. The van der Waals surface area contributed by atoms with Gasteiger partial charge in [0.15, 0.2) is 5.75 Å². The number of halogens is 3. The molecule has 0 amide bonds. The highest BCUT2D eigenvalue weighted by molar-refractivity contribution is 5.80. The van der Waals surface area contributed by atoms with Crippen LogP contribution in [0.3, 0.4) is 0 Å². The normalized spacial score (nSPS) is 15.2. The largest absolute Gasteiger partial charge is 0.430 e. The molecule has 0 aliphatic carbocycles. The van der Waals surface area contributed by atoms with Crippen LogP contribution in [-0.2, 0) is 0 Å². The molecule has 0 aliphatic heterocycles. The van der Waals surface area contributed by atoms with Crippen LogP contribution in [0.15, 0.2) is 78.2 Å². The highest BCUT2D eigenvalue weighted by atomic mass is 19.4. The molecule has 34 heavy (non-hydrogen) atoms. The van der Waals surface area contributed by atoms with Gasteiger partial charge in [-0.3, -0.25) is 4.98 Å². The fourth-order valence-electron chi connectivity index (χ4n) is 3.00. The third-order valence-electron chi connectivity index (χ3n) is 5.29. The Bertz CT molecular complexity index is 985. The molecule has 0 saturated heterocycles. The molecule has 1 unspecified atom stereocenters. The van der Waals surface area contributed by atoms with Crippen molar-refractivity contribution in [3.63, 3.8) is 0 Å². The topological polar surface area (TPSA) is 51.4 Å². The van der Waals surface area contributed by atoms with Crippen LogP contribution in [-0.4, -0.2) is 28.8 Å². The van der Waals surface area contributed by atoms with Crippen molar-refractivity contribution in [2.75, 3.05) is 6.54 Å². The first-order chi connectivity index (χ1) is 16.0. The van der Waals surface area contributed by atoms with Gasteiger partial charge in [-0.1, -0.05) is 50.0 Å². The summed E-state index contributed by atoms with van der Waals surface area (Å²) in [5.74, 6) is 0.668. The van der Waals surface area contributed by atoms with Gasteiger partial charge in [0, 0.05) is 24.3 Å². The zero-order chi connectivity index (χ0) is 25.9. The minimum atomic E-state index is -4.56. The number of pyridine rings is 1. The molecule has 0 spiro atoms. The molecule has 1 aromatic rings. The second-order valence-electron chi connectivity index (χ2n) is 7.80. The number of hydroxylamine groups is 2. The summed E-state index contributed by atoms with van der Waals surface area (Å²) >= 11 is 0. The fourth-order valence-corrected chi connectivity index (χ4v) is 3.00.